The zero-order valence-corrected chi connectivity index (χ0v) is 13.3. The van der Waals surface area contributed by atoms with E-state index in [4.69, 9.17) is 16.3 Å². The molecular formula is C18H17ClO3. The number of Topliss-reactive ketones (excluding diaryl/α,β-unsaturated/α-hetero) is 1. The number of esters is 1. The van der Waals surface area contributed by atoms with Crippen LogP contribution >= 0.6 is 11.6 Å². The SMILES string of the molecule is CCOC(=O)C(C(=O)c1ccc(C)cc1)c1ccc(Cl)cc1. The Morgan fingerprint density at radius 2 is 1.64 bits per heavy atom. The van der Waals surface area contributed by atoms with E-state index in [2.05, 4.69) is 0 Å². The third-order valence-electron chi connectivity index (χ3n) is 3.32. The lowest BCUT2D eigenvalue weighted by Crippen LogP contribution is -2.24. The molecule has 0 N–H and O–H groups in total. The molecule has 0 saturated carbocycles. The molecule has 2 aromatic rings. The first-order chi connectivity index (χ1) is 10.5. The molecule has 2 aromatic carbocycles. The number of rotatable bonds is 5. The van der Waals surface area contributed by atoms with Gasteiger partial charge < -0.3 is 4.74 Å². The summed E-state index contributed by atoms with van der Waals surface area (Å²) in [5.74, 6) is -1.80. The van der Waals surface area contributed by atoms with Crippen molar-refractivity contribution in [2.45, 2.75) is 19.8 Å². The zero-order valence-electron chi connectivity index (χ0n) is 12.5. The number of hydrogen-bond donors (Lipinski definition) is 0. The van der Waals surface area contributed by atoms with Crippen LogP contribution < -0.4 is 0 Å². The number of carbonyl (C=O) groups excluding carboxylic acids is 2. The first kappa shape index (κ1) is 16.2. The predicted octanol–water partition coefficient (Wildman–Crippen LogP) is 4.18. The highest BCUT2D eigenvalue weighted by atomic mass is 35.5. The zero-order chi connectivity index (χ0) is 16.1. The van der Waals surface area contributed by atoms with Gasteiger partial charge in [-0.05, 0) is 31.5 Å². The van der Waals surface area contributed by atoms with Crippen molar-refractivity contribution in [1.29, 1.82) is 0 Å². The number of aryl methyl sites for hydroxylation is 1. The molecule has 0 fully saturated rings. The minimum absolute atomic E-state index is 0.226. The van der Waals surface area contributed by atoms with Crippen molar-refractivity contribution in [2.75, 3.05) is 6.61 Å². The van der Waals surface area contributed by atoms with Gasteiger partial charge in [-0.15, -0.1) is 0 Å². The van der Waals surface area contributed by atoms with Gasteiger partial charge >= 0.3 is 5.97 Å². The van der Waals surface area contributed by atoms with Gasteiger partial charge in [-0.3, -0.25) is 9.59 Å². The number of hydrogen-bond acceptors (Lipinski definition) is 3. The number of ether oxygens (including phenoxy) is 1. The van der Waals surface area contributed by atoms with E-state index in [-0.39, 0.29) is 12.4 Å². The number of carbonyl (C=O) groups is 2. The van der Waals surface area contributed by atoms with Gasteiger partial charge in [0.1, 0.15) is 5.92 Å². The maximum atomic E-state index is 12.7. The summed E-state index contributed by atoms with van der Waals surface area (Å²) in [6, 6.07) is 13.8. The van der Waals surface area contributed by atoms with Crippen molar-refractivity contribution in [2.24, 2.45) is 0 Å². The molecule has 0 spiro atoms. The summed E-state index contributed by atoms with van der Waals surface area (Å²) in [4.78, 5) is 25.0. The van der Waals surface area contributed by atoms with Crippen LogP contribution in [-0.2, 0) is 9.53 Å². The molecule has 114 valence electrons. The van der Waals surface area contributed by atoms with Gasteiger partial charge in [0.25, 0.3) is 0 Å². The van der Waals surface area contributed by atoms with Crippen molar-refractivity contribution in [3.05, 3.63) is 70.2 Å². The Morgan fingerprint density at radius 3 is 2.18 bits per heavy atom. The van der Waals surface area contributed by atoms with Crippen molar-refractivity contribution in [3.8, 4) is 0 Å². The smallest absolute Gasteiger partial charge is 0.321 e. The largest absolute Gasteiger partial charge is 0.465 e. The molecule has 0 bridgehead atoms. The Hall–Kier alpha value is -2.13. The molecule has 0 saturated heterocycles. The lowest BCUT2D eigenvalue weighted by Gasteiger charge is -2.15. The highest BCUT2D eigenvalue weighted by molar-refractivity contribution is 6.30. The molecular weight excluding hydrogens is 300 g/mol. The Morgan fingerprint density at radius 1 is 1.05 bits per heavy atom. The van der Waals surface area contributed by atoms with E-state index < -0.39 is 11.9 Å². The first-order valence-corrected chi connectivity index (χ1v) is 7.43. The second kappa shape index (κ2) is 7.23. The Bertz CT molecular complexity index is 660. The van der Waals surface area contributed by atoms with Crippen LogP contribution in [-0.4, -0.2) is 18.4 Å². The van der Waals surface area contributed by atoms with Gasteiger partial charge in [-0.1, -0.05) is 53.6 Å². The van der Waals surface area contributed by atoms with Crippen LogP contribution in [0.25, 0.3) is 0 Å². The molecule has 0 heterocycles. The molecule has 0 aromatic heterocycles. The van der Waals surface area contributed by atoms with Crippen LogP contribution in [0, 0.1) is 6.92 Å². The van der Waals surface area contributed by atoms with Crippen molar-refractivity contribution >= 4 is 23.4 Å². The fraction of sp³-hybridized carbons (Fsp3) is 0.222. The topological polar surface area (TPSA) is 43.4 Å². The first-order valence-electron chi connectivity index (χ1n) is 7.06. The quantitative estimate of drug-likeness (QED) is 0.472. The molecule has 0 amide bonds. The monoisotopic (exact) mass is 316 g/mol. The third kappa shape index (κ3) is 3.74. The Labute approximate surface area is 134 Å². The van der Waals surface area contributed by atoms with Crippen LogP contribution in [0.5, 0.6) is 0 Å². The average molecular weight is 317 g/mol. The predicted molar refractivity (Wildman–Crippen MR) is 86.3 cm³/mol. The Balaban J connectivity index is 2.39. The van der Waals surface area contributed by atoms with Crippen molar-refractivity contribution < 1.29 is 14.3 Å². The number of benzene rings is 2. The standard InChI is InChI=1S/C18H17ClO3/c1-3-22-18(21)16(13-8-10-15(19)11-9-13)17(20)14-6-4-12(2)5-7-14/h4-11,16H,3H2,1-2H3. The molecule has 3 nitrogen and oxygen atoms in total. The normalized spacial score (nSPS) is 11.8. The van der Waals surface area contributed by atoms with E-state index in [1.165, 1.54) is 0 Å². The second-order valence-electron chi connectivity index (χ2n) is 4.97. The summed E-state index contributed by atoms with van der Waals surface area (Å²) in [6.07, 6.45) is 0. The van der Waals surface area contributed by atoms with E-state index in [9.17, 15) is 9.59 Å². The third-order valence-corrected chi connectivity index (χ3v) is 3.58. The number of halogens is 1. The second-order valence-corrected chi connectivity index (χ2v) is 5.40. The molecule has 0 aliphatic carbocycles. The fourth-order valence-electron chi connectivity index (χ4n) is 2.16. The van der Waals surface area contributed by atoms with Crippen LogP contribution in [0.2, 0.25) is 5.02 Å². The summed E-state index contributed by atoms with van der Waals surface area (Å²) in [7, 11) is 0. The van der Waals surface area contributed by atoms with Gasteiger partial charge in [-0.25, -0.2) is 0 Å². The van der Waals surface area contributed by atoms with Gasteiger partial charge in [-0.2, -0.15) is 0 Å². The van der Waals surface area contributed by atoms with Crippen LogP contribution in [0.1, 0.15) is 34.3 Å². The van der Waals surface area contributed by atoms with Gasteiger partial charge in [0, 0.05) is 10.6 Å². The lowest BCUT2D eigenvalue weighted by atomic mass is 9.90. The van der Waals surface area contributed by atoms with Gasteiger partial charge in [0.05, 0.1) is 6.61 Å². The summed E-state index contributed by atoms with van der Waals surface area (Å²) in [5, 5.41) is 0.550. The molecule has 1 atom stereocenters. The van der Waals surface area contributed by atoms with E-state index in [0.717, 1.165) is 5.56 Å². The molecule has 4 heteroatoms. The van der Waals surface area contributed by atoms with Crippen LogP contribution in [0.15, 0.2) is 48.5 Å². The van der Waals surface area contributed by atoms with E-state index in [0.29, 0.717) is 16.1 Å². The maximum absolute atomic E-state index is 12.7. The molecule has 22 heavy (non-hydrogen) atoms. The average Bonchev–Trinajstić information content (AvgIpc) is 2.50. The van der Waals surface area contributed by atoms with Gasteiger partial charge in [0.2, 0.25) is 0 Å². The van der Waals surface area contributed by atoms with Gasteiger partial charge in [0.15, 0.2) is 5.78 Å². The highest BCUT2D eigenvalue weighted by Gasteiger charge is 2.30. The van der Waals surface area contributed by atoms with Crippen LogP contribution in [0.4, 0.5) is 0 Å². The maximum Gasteiger partial charge on any atom is 0.321 e. The summed E-state index contributed by atoms with van der Waals surface area (Å²) in [6.45, 7) is 3.88. The van der Waals surface area contributed by atoms with E-state index >= 15 is 0 Å². The van der Waals surface area contributed by atoms with E-state index in [1.54, 1.807) is 43.3 Å². The number of ketones is 1. The molecule has 0 aliphatic rings. The Kier molecular flexibility index (Phi) is 5.34. The molecule has 2 rings (SSSR count). The molecule has 0 radical (unpaired) electrons. The lowest BCUT2D eigenvalue weighted by molar-refractivity contribution is -0.143. The van der Waals surface area contributed by atoms with E-state index in [1.807, 2.05) is 19.1 Å². The fourth-order valence-corrected chi connectivity index (χ4v) is 2.29. The summed E-state index contributed by atoms with van der Waals surface area (Å²) < 4.78 is 5.06. The summed E-state index contributed by atoms with van der Waals surface area (Å²) >= 11 is 5.87. The molecule has 0 aliphatic heterocycles. The minimum Gasteiger partial charge on any atom is -0.465 e. The summed E-state index contributed by atoms with van der Waals surface area (Å²) in [5.41, 5.74) is 2.11. The molecule has 1 unspecified atom stereocenters. The minimum atomic E-state index is -0.972. The van der Waals surface area contributed by atoms with Crippen molar-refractivity contribution in [1.82, 2.24) is 0 Å². The van der Waals surface area contributed by atoms with Crippen LogP contribution in [0.3, 0.4) is 0 Å². The highest BCUT2D eigenvalue weighted by Crippen LogP contribution is 2.24. The van der Waals surface area contributed by atoms with Crippen molar-refractivity contribution in [3.63, 3.8) is 0 Å².